The Labute approximate surface area is 277 Å². The highest BCUT2D eigenvalue weighted by molar-refractivity contribution is 5.58. The summed E-state index contributed by atoms with van der Waals surface area (Å²) >= 11 is 0. The average Bonchev–Trinajstić information content (AvgIpc) is 3.10. The predicted molar refractivity (Wildman–Crippen MR) is 190 cm³/mol. The van der Waals surface area contributed by atoms with E-state index in [4.69, 9.17) is 14.2 Å². The summed E-state index contributed by atoms with van der Waals surface area (Å²) < 4.78 is 18.7. The van der Waals surface area contributed by atoms with Gasteiger partial charge in [-0.1, -0.05) is 130 Å². The molecule has 4 heteroatoms. The highest BCUT2D eigenvalue weighted by atomic mass is 16.5. The van der Waals surface area contributed by atoms with Gasteiger partial charge < -0.3 is 19.3 Å². The molecule has 1 N–H and O–H groups in total. The van der Waals surface area contributed by atoms with E-state index in [1.165, 1.54) is 48.8 Å². The Morgan fingerprint density at radius 2 is 0.717 bits per heavy atom. The maximum atomic E-state index is 10.8. The Morgan fingerprint density at radius 3 is 1.15 bits per heavy atom. The standard InChI is InChI=1S/C42H54O4/c43-39-31-32-40(44-33-19-4-1-10-22-36-25-13-7-14-26-36)42(46-35-21-6-3-12-24-38-29-17-9-18-30-38)41(39)45-34-20-5-2-11-23-37-27-15-8-16-28-37/h7-9,13-18,25-32,43H,1-6,10-12,19-24,33-35H2. The SMILES string of the molecule is Oc1ccc(OCCCCCCc2ccccc2)c(OCCCCCCc2ccccc2)c1OCCCCCCc1ccccc1. The summed E-state index contributed by atoms with van der Waals surface area (Å²) in [5.74, 6) is 1.71. The molecular weight excluding hydrogens is 568 g/mol. The van der Waals surface area contributed by atoms with Gasteiger partial charge in [0.1, 0.15) is 0 Å². The van der Waals surface area contributed by atoms with Crippen LogP contribution in [0.3, 0.4) is 0 Å². The molecule has 0 fully saturated rings. The number of aromatic hydroxyl groups is 1. The first-order valence-corrected chi connectivity index (χ1v) is 17.7. The van der Waals surface area contributed by atoms with Crippen molar-refractivity contribution in [3.8, 4) is 23.0 Å². The van der Waals surface area contributed by atoms with E-state index < -0.39 is 0 Å². The van der Waals surface area contributed by atoms with Crippen LogP contribution in [0.15, 0.2) is 103 Å². The van der Waals surface area contributed by atoms with Gasteiger partial charge in [0.25, 0.3) is 0 Å². The zero-order valence-corrected chi connectivity index (χ0v) is 27.7. The molecule has 0 saturated carbocycles. The molecule has 0 bridgehead atoms. The molecule has 0 saturated heterocycles. The molecule has 0 spiro atoms. The number of ether oxygens (including phenoxy) is 3. The zero-order chi connectivity index (χ0) is 31.9. The van der Waals surface area contributed by atoms with Crippen LogP contribution in [0.1, 0.15) is 93.7 Å². The van der Waals surface area contributed by atoms with Gasteiger partial charge in [-0.2, -0.15) is 0 Å². The quantitative estimate of drug-likeness (QED) is 0.0790. The molecule has 0 amide bonds. The van der Waals surface area contributed by atoms with Crippen LogP contribution < -0.4 is 14.2 Å². The summed E-state index contributed by atoms with van der Waals surface area (Å²) in [5.41, 5.74) is 4.20. The van der Waals surface area contributed by atoms with E-state index in [0.29, 0.717) is 37.1 Å². The van der Waals surface area contributed by atoms with Gasteiger partial charge in [0.2, 0.25) is 11.5 Å². The largest absolute Gasteiger partial charge is 0.504 e. The summed E-state index contributed by atoms with van der Waals surface area (Å²) in [5, 5.41) is 10.8. The van der Waals surface area contributed by atoms with Gasteiger partial charge in [0, 0.05) is 0 Å². The maximum absolute atomic E-state index is 10.8. The third-order valence-electron chi connectivity index (χ3n) is 8.41. The second kappa shape index (κ2) is 21.8. The average molecular weight is 623 g/mol. The zero-order valence-electron chi connectivity index (χ0n) is 27.7. The monoisotopic (exact) mass is 622 g/mol. The van der Waals surface area contributed by atoms with E-state index in [9.17, 15) is 5.11 Å². The van der Waals surface area contributed by atoms with Gasteiger partial charge in [0.05, 0.1) is 19.8 Å². The lowest BCUT2D eigenvalue weighted by Crippen LogP contribution is -2.06. The molecular formula is C42H54O4. The van der Waals surface area contributed by atoms with Crippen molar-refractivity contribution >= 4 is 0 Å². The van der Waals surface area contributed by atoms with Gasteiger partial charge in [-0.25, -0.2) is 0 Å². The lowest BCUT2D eigenvalue weighted by Gasteiger charge is -2.18. The van der Waals surface area contributed by atoms with Crippen molar-refractivity contribution in [2.45, 2.75) is 96.3 Å². The Balaban J connectivity index is 1.21. The lowest BCUT2D eigenvalue weighted by atomic mass is 10.1. The van der Waals surface area contributed by atoms with E-state index in [1.807, 2.05) is 6.07 Å². The second-order valence-corrected chi connectivity index (χ2v) is 12.2. The first-order valence-electron chi connectivity index (χ1n) is 17.7. The molecule has 0 radical (unpaired) electrons. The smallest absolute Gasteiger partial charge is 0.207 e. The summed E-state index contributed by atoms with van der Waals surface area (Å²) in [6.07, 6.45) is 16.6. The summed E-state index contributed by atoms with van der Waals surface area (Å²) in [4.78, 5) is 0. The highest BCUT2D eigenvalue weighted by Gasteiger charge is 2.18. The molecule has 0 aliphatic carbocycles. The minimum absolute atomic E-state index is 0.107. The number of aryl methyl sites for hydroxylation is 3. The van der Waals surface area contributed by atoms with Gasteiger partial charge in [-0.15, -0.1) is 0 Å². The van der Waals surface area contributed by atoms with Crippen LogP contribution in [0, 0.1) is 0 Å². The van der Waals surface area contributed by atoms with E-state index in [0.717, 1.165) is 64.2 Å². The van der Waals surface area contributed by atoms with Gasteiger partial charge in [-0.05, 0) is 86.6 Å². The molecule has 46 heavy (non-hydrogen) atoms. The third kappa shape index (κ3) is 13.6. The summed E-state index contributed by atoms with van der Waals surface area (Å²) in [6, 6.07) is 35.5. The third-order valence-corrected chi connectivity index (χ3v) is 8.41. The van der Waals surface area contributed by atoms with Crippen molar-refractivity contribution in [3.63, 3.8) is 0 Å². The number of unbranched alkanes of at least 4 members (excludes halogenated alkanes) is 9. The molecule has 0 aromatic heterocycles. The molecule has 4 aromatic carbocycles. The number of phenolic OH excluding ortho intramolecular Hbond substituents is 1. The van der Waals surface area contributed by atoms with Crippen LogP contribution in [0.4, 0.5) is 0 Å². The molecule has 4 aromatic rings. The molecule has 4 nitrogen and oxygen atoms in total. The van der Waals surface area contributed by atoms with Crippen molar-refractivity contribution in [1.29, 1.82) is 0 Å². The van der Waals surface area contributed by atoms with Gasteiger partial charge in [0.15, 0.2) is 11.5 Å². The van der Waals surface area contributed by atoms with Crippen molar-refractivity contribution in [2.75, 3.05) is 19.8 Å². The van der Waals surface area contributed by atoms with Crippen molar-refractivity contribution in [2.24, 2.45) is 0 Å². The molecule has 0 unspecified atom stereocenters. The first kappa shape index (κ1) is 34.9. The maximum Gasteiger partial charge on any atom is 0.207 e. The fraction of sp³-hybridized carbons (Fsp3) is 0.429. The van der Waals surface area contributed by atoms with Crippen LogP contribution in [0.2, 0.25) is 0 Å². The minimum atomic E-state index is 0.107. The number of benzene rings is 4. The topological polar surface area (TPSA) is 47.9 Å². The molecule has 0 atom stereocenters. The van der Waals surface area contributed by atoms with Crippen LogP contribution >= 0.6 is 0 Å². The number of hydrogen-bond donors (Lipinski definition) is 1. The fourth-order valence-electron chi connectivity index (χ4n) is 5.74. The molecule has 4 rings (SSSR count). The Hall–Kier alpha value is -3.92. The van der Waals surface area contributed by atoms with Gasteiger partial charge in [-0.3, -0.25) is 0 Å². The predicted octanol–water partition coefficient (Wildman–Crippen LogP) is 10.9. The number of phenols is 1. The van der Waals surface area contributed by atoms with Crippen molar-refractivity contribution in [1.82, 2.24) is 0 Å². The fourth-order valence-corrected chi connectivity index (χ4v) is 5.74. The van der Waals surface area contributed by atoms with Crippen LogP contribution in [-0.4, -0.2) is 24.9 Å². The second-order valence-electron chi connectivity index (χ2n) is 12.2. The molecule has 246 valence electrons. The van der Waals surface area contributed by atoms with E-state index in [2.05, 4.69) is 91.0 Å². The van der Waals surface area contributed by atoms with E-state index >= 15 is 0 Å². The van der Waals surface area contributed by atoms with Crippen LogP contribution in [0.5, 0.6) is 23.0 Å². The normalized spacial score (nSPS) is 11.0. The van der Waals surface area contributed by atoms with Crippen molar-refractivity contribution in [3.05, 3.63) is 120 Å². The number of rotatable bonds is 24. The van der Waals surface area contributed by atoms with Crippen molar-refractivity contribution < 1.29 is 19.3 Å². The Bertz CT molecular complexity index is 1320. The Morgan fingerprint density at radius 1 is 0.348 bits per heavy atom. The van der Waals surface area contributed by atoms with E-state index in [1.54, 1.807) is 6.07 Å². The molecule has 0 aliphatic rings. The number of hydrogen-bond acceptors (Lipinski definition) is 4. The van der Waals surface area contributed by atoms with E-state index in [-0.39, 0.29) is 5.75 Å². The van der Waals surface area contributed by atoms with Crippen LogP contribution in [-0.2, 0) is 19.3 Å². The first-order chi connectivity index (χ1) is 22.8. The molecule has 0 aliphatic heterocycles. The highest BCUT2D eigenvalue weighted by Crippen LogP contribution is 2.44. The van der Waals surface area contributed by atoms with Crippen LogP contribution in [0.25, 0.3) is 0 Å². The summed E-state index contributed by atoms with van der Waals surface area (Å²) in [6.45, 7) is 1.73. The Kier molecular flexibility index (Phi) is 16.5. The summed E-state index contributed by atoms with van der Waals surface area (Å²) in [7, 11) is 0. The minimum Gasteiger partial charge on any atom is -0.504 e. The lowest BCUT2D eigenvalue weighted by molar-refractivity contribution is 0.228. The molecule has 0 heterocycles. The van der Waals surface area contributed by atoms with Gasteiger partial charge >= 0.3 is 0 Å².